The molecule has 1 atom stereocenters. The maximum absolute atomic E-state index is 12.7. The molecule has 0 bridgehead atoms. The molecule has 0 unspecified atom stereocenters. The van der Waals surface area contributed by atoms with Crippen LogP contribution in [0.2, 0.25) is 0 Å². The Morgan fingerprint density at radius 1 is 0.947 bits per heavy atom. The second kappa shape index (κ2) is 4.52. The first-order valence-electron chi connectivity index (χ1n) is 6.35. The van der Waals surface area contributed by atoms with E-state index in [4.69, 9.17) is 0 Å². The van der Waals surface area contributed by atoms with Crippen LogP contribution in [0.1, 0.15) is 17.0 Å². The van der Waals surface area contributed by atoms with Gasteiger partial charge in [-0.3, -0.25) is 4.79 Å². The lowest BCUT2D eigenvalue weighted by atomic mass is 9.93. The quantitative estimate of drug-likeness (QED) is 0.820. The van der Waals surface area contributed by atoms with Gasteiger partial charge in [-0.25, -0.2) is 10.0 Å². The summed E-state index contributed by atoms with van der Waals surface area (Å²) >= 11 is 0. The van der Waals surface area contributed by atoms with Crippen molar-refractivity contribution < 1.29 is 4.79 Å². The Morgan fingerprint density at radius 2 is 1.58 bits per heavy atom. The van der Waals surface area contributed by atoms with E-state index in [0.717, 1.165) is 16.8 Å². The Labute approximate surface area is 113 Å². The molecule has 0 saturated heterocycles. The van der Waals surface area contributed by atoms with Crippen LogP contribution in [-0.2, 0) is 4.79 Å². The average Bonchev–Trinajstić information content (AvgIpc) is 2.71. The van der Waals surface area contributed by atoms with E-state index in [1.165, 1.54) is 0 Å². The number of carbonyl (C=O) groups excluding carboxylic acids is 1. The molecule has 3 nitrogen and oxygen atoms in total. The third-order valence-corrected chi connectivity index (χ3v) is 3.46. The normalized spacial score (nSPS) is 17.9. The molecule has 0 aromatic heterocycles. The summed E-state index contributed by atoms with van der Waals surface area (Å²) in [7, 11) is 3.78. The van der Waals surface area contributed by atoms with Crippen molar-refractivity contribution in [1.82, 2.24) is 5.01 Å². The monoisotopic (exact) mass is 252 g/mol. The predicted molar refractivity (Wildman–Crippen MR) is 75.9 cm³/mol. The summed E-state index contributed by atoms with van der Waals surface area (Å²) in [4.78, 5) is 12.7. The standard InChI is InChI=1S/C16H16N2O/c1-17(2)18-14-11-7-6-10-13(14)15(16(18)19)12-8-4-3-5-9-12/h3-11,15H,1-2H3/t15-/m0/s1. The number of para-hydroxylation sites is 1. The lowest BCUT2D eigenvalue weighted by Crippen LogP contribution is -2.40. The van der Waals surface area contributed by atoms with Crippen LogP contribution in [0, 0.1) is 0 Å². The van der Waals surface area contributed by atoms with Gasteiger partial charge in [-0.05, 0) is 17.2 Å². The SMILES string of the molecule is CN(C)N1C(=O)[C@@H](c2ccccc2)c2ccccc21. The highest BCUT2D eigenvalue weighted by molar-refractivity contribution is 6.06. The smallest absolute Gasteiger partial charge is 0.253 e. The third-order valence-electron chi connectivity index (χ3n) is 3.46. The zero-order chi connectivity index (χ0) is 13.4. The van der Waals surface area contributed by atoms with Gasteiger partial charge in [-0.1, -0.05) is 48.5 Å². The van der Waals surface area contributed by atoms with Crippen LogP contribution in [0.5, 0.6) is 0 Å². The molecular weight excluding hydrogens is 236 g/mol. The molecule has 1 aliphatic rings. The summed E-state index contributed by atoms with van der Waals surface area (Å²) in [5.41, 5.74) is 3.10. The minimum Gasteiger partial charge on any atom is -0.272 e. The van der Waals surface area contributed by atoms with E-state index in [-0.39, 0.29) is 11.8 Å². The number of anilines is 1. The Balaban J connectivity index is 2.15. The largest absolute Gasteiger partial charge is 0.272 e. The van der Waals surface area contributed by atoms with Gasteiger partial charge in [0.2, 0.25) is 0 Å². The van der Waals surface area contributed by atoms with Crippen molar-refractivity contribution in [3.8, 4) is 0 Å². The molecule has 96 valence electrons. The number of hydrogen-bond donors (Lipinski definition) is 0. The topological polar surface area (TPSA) is 23.6 Å². The molecule has 2 aromatic carbocycles. The van der Waals surface area contributed by atoms with Crippen LogP contribution in [0.4, 0.5) is 5.69 Å². The molecule has 1 aliphatic heterocycles. The van der Waals surface area contributed by atoms with Gasteiger partial charge in [-0.2, -0.15) is 0 Å². The van der Waals surface area contributed by atoms with Gasteiger partial charge in [0.25, 0.3) is 5.91 Å². The number of hydrogen-bond acceptors (Lipinski definition) is 2. The fourth-order valence-electron chi connectivity index (χ4n) is 2.68. The molecule has 0 spiro atoms. The van der Waals surface area contributed by atoms with E-state index < -0.39 is 0 Å². The summed E-state index contributed by atoms with van der Waals surface area (Å²) in [6.45, 7) is 0. The van der Waals surface area contributed by atoms with Gasteiger partial charge in [-0.15, -0.1) is 0 Å². The summed E-state index contributed by atoms with van der Waals surface area (Å²) < 4.78 is 0. The van der Waals surface area contributed by atoms with Crippen LogP contribution in [0.3, 0.4) is 0 Å². The number of amides is 1. The molecule has 1 amide bonds. The summed E-state index contributed by atoms with van der Waals surface area (Å²) in [5, 5.41) is 3.58. The number of fused-ring (bicyclic) bond motifs is 1. The van der Waals surface area contributed by atoms with Crippen LogP contribution in [0.15, 0.2) is 54.6 Å². The van der Waals surface area contributed by atoms with Crippen molar-refractivity contribution in [2.24, 2.45) is 0 Å². The van der Waals surface area contributed by atoms with Gasteiger partial charge < -0.3 is 0 Å². The van der Waals surface area contributed by atoms with Gasteiger partial charge in [0.05, 0.1) is 11.6 Å². The highest BCUT2D eigenvalue weighted by Gasteiger charge is 2.39. The molecule has 2 aromatic rings. The molecule has 0 saturated carbocycles. The zero-order valence-corrected chi connectivity index (χ0v) is 11.1. The minimum atomic E-state index is -0.195. The highest BCUT2D eigenvalue weighted by Crippen LogP contribution is 2.41. The fraction of sp³-hybridized carbons (Fsp3) is 0.188. The predicted octanol–water partition coefficient (Wildman–Crippen LogP) is 2.64. The second-order valence-corrected chi connectivity index (χ2v) is 4.90. The Morgan fingerprint density at radius 3 is 2.26 bits per heavy atom. The van der Waals surface area contributed by atoms with E-state index in [0.29, 0.717) is 0 Å². The Hall–Kier alpha value is -2.13. The van der Waals surface area contributed by atoms with Gasteiger partial charge in [0.1, 0.15) is 0 Å². The molecule has 1 heterocycles. The first-order valence-corrected chi connectivity index (χ1v) is 6.35. The van der Waals surface area contributed by atoms with E-state index >= 15 is 0 Å². The number of carbonyl (C=O) groups is 1. The first kappa shape index (κ1) is 11.9. The van der Waals surface area contributed by atoms with Crippen molar-refractivity contribution in [3.63, 3.8) is 0 Å². The van der Waals surface area contributed by atoms with Crippen molar-refractivity contribution in [2.45, 2.75) is 5.92 Å². The number of nitrogens with zero attached hydrogens (tertiary/aromatic N) is 2. The lowest BCUT2D eigenvalue weighted by Gasteiger charge is -2.25. The van der Waals surface area contributed by atoms with Crippen LogP contribution >= 0.6 is 0 Å². The van der Waals surface area contributed by atoms with Crippen LogP contribution in [0.25, 0.3) is 0 Å². The average molecular weight is 252 g/mol. The molecule has 0 N–H and O–H groups in total. The Bertz CT molecular complexity index is 607. The maximum Gasteiger partial charge on any atom is 0.253 e. The second-order valence-electron chi connectivity index (χ2n) is 4.90. The number of benzene rings is 2. The molecule has 19 heavy (non-hydrogen) atoms. The van der Waals surface area contributed by atoms with Crippen LogP contribution in [-0.4, -0.2) is 25.0 Å². The summed E-state index contributed by atoms with van der Waals surface area (Å²) in [6.07, 6.45) is 0. The first-order chi connectivity index (χ1) is 9.20. The highest BCUT2D eigenvalue weighted by atomic mass is 16.2. The van der Waals surface area contributed by atoms with Gasteiger partial charge in [0, 0.05) is 14.1 Å². The van der Waals surface area contributed by atoms with Crippen molar-refractivity contribution in [2.75, 3.05) is 19.1 Å². The molecule has 3 rings (SSSR count). The van der Waals surface area contributed by atoms with E-state index in [2.05, 4.69) is 0 Å². The Kier molecular flexibility index (Phi) is 2.84. The van der Waals surface area contributed by atoms with E-state index in [9.17, 15) is 4.79 Å². The summed E-state index contributed by atoms with van der Waals surface area (Å²) in [5.74, 6) is -0.0859. The fourth-order valence-corrected chi connectivity index (χ4v) is 2.68. The number of rotatable bonds is 2. The van der Waals surface area contributed by atoms with Gasteiger partial charge >= 0.3 is 0 Å². The van der Waals surface area contributed by atoms with Gasteiger partial charge in [0.15, 0.2) is 0 Å². The van der Waals surface area contributed by atoms with Crippen molar-refractivity contribution >= 4 is 11.6 Å². The molecule has 0 aliphatic carbocycles. The van der Waals surface area contributed by atoms with E-state index in [1.807, 2.05) is 73.7 Å². The third kappa shape index (κ3) is 1.83. The molecule has 3 heteroatoms. The summed E-state index contributed by atoms with van der Waals surface area (Å²) in [6, 6.07) is 17.9. The number of hydrazine groups is 1. The zero-order valence-electron chi connectivity index (χ0n) is 11.1. The molecule has 0 fully saturated rings. The molecular formula is C16H16N2O. The van der Waals surface area contributed by atoms with Crippen molar-refractivity contribution in [3.05, 3.63) is 65.7 Å². The molecule has 0 radical (unpaired) electrons. The minimum absolute atomic E-state index is 0.109. The van der Waals surface area contributed by atoms with E-state index in [1.54, 1.807) is 5.01 Å². The lowest BCUT2D eigenvalue weighted by molar-refractivity contribution is -0.120. The maximum atomic E-state index is 12.7. The van der Waals surface area contributed by atoms with Crippen LogP contribution < -0.4 is 5.01 Å². The van der Waals surface area contributed by atoms with Crippen molar-refractivity contribution in [1.29, 1.82) is 0 Å².